The number of hydrogen-bond acceptors (Lipinski definition) is 6. The summed E-state index contributed by atoms with van der Waals surface area (Å²) in [5.41, 5.74) is 8.28. The van der Waals surface area contributed by atoms with Crippen molar-refractivity contribution in [1.82, 2.24) is 15.0 Å². The topological polar surface area (TPSA) is 118 Å². The van der Waals surface area contributed by atoms with Gasteiger partial charge in [-0.2, -0.15) is 5.26 Å². The fourth-order valence-electron chi connectivity index (χ4n) is 2.84. The molecule has 0 spiro atoms. The van der Waals surface area contributed by atoms with E-state index in [2.05, 4.69) is 26.3 Å². The summed E-state index contributed by atoms with van der Waals surface area (Å²) < 4.78 is 0. The summed E-state index contributed by atoms with van der Waals surface area (Å²) >= 11 is 0. The van der Waals surface area contributed by atoms with Gasteiger partial charge >= 0.3 is 0 Å². The molecular formula is C20H20N6O. The van der Waals surface area contributed by atoms with Crippen molar-refractivity contribution in [3.63, 3.8) is 0 Å². The van der Waals surface area contributed by atoms with Gasteiger partial charge in [-0.25, -0.2) is 9.97 Å². The standard InChI is InChI=1S/C20H20N6O/c1-12(2)18(19(22)27)26-20-24-11-15(10-21)17(25-20)9-13-5-6-14-4-3-7-23-16(14)8-13/h3-8,11-12,18H,9H2,1-2H3,(H2,22,27)(H,24,25,26)/t18-/m1/s1. The number of nitrogens with zero attached hydrogens (tertiary/aromatic N) is 4. The summed E-state index contributed by atoms with van der Waals surface area (Å²) in [4.78, 5) is 24.6. The number of nitrogens with two attached hydrogens (primary N) is 1. The fraction of sp³-hybridized carbons (Fsp3) is 0.250. The van der Waals surface area contributed by atoms with Crippen LogP contribution >= 0.6 is 0 Å². The Kier molecular flexibility index (Phi) is 5.27. The number of benzene rings is 1. The Morgan fingerprint density at radius 3 is 2.81 bits per heavy atom. The monoisotopic (exact) mass is 360 g/mol. The fourth-order valence-corrected chi connectivity index (χ4v) is 2.84. The molecule has 0 fully saturated rings. The van der Waals surface area contributed by atoms with Crippen LogP contribution in [-0.2, 0) is 11.2 Å². The van der Waals surface area contributed by atoms with Crippen LogP contribution in [0.15, 0.2) is 42.7 Å². The number of nitriles is 1. The van der Waals surface area contributed by atoms with Crippen LogP contribution in [0, 0.1) is 17.2 Å². The van der Waals surface area contributed by atoms with E-state index in [1.165, 1.54) is 6.20 Å². The largest absolute Gasteiger partial charge is 0.368 e. The third kappa shape index (κ3) is 4.18. The zero-order valence-electron chi connectivity index (χ0n) is 15.2. The number of hydrogen-bond donors (Lipinski definition) is 2. The zero-order chi connectivity index (χ0) is 19.4. The van der Waals surface area contributed by atoms with Gasteiger partial charge < -0.3 is 11.1 Å². The minimum atomic E-state index is -0.587. The number of pyridine rings is 1. The predicted molar refractivity (Wildman–Crippen MR) is 103 cm³/mol. The minimum absolute atomic E-state index is 0.0169. The number of amides is 1. The lowest BCUT2D eigenvalue weighted by molar-refractivity contribution is -0.119. The molecule has 1 atom stereocenters. The second-order valence-electron chi connectivity index (χ2n) is 6.64. The summed E-state index contributed by atoms with van der Waals surface area (Å²) in [5.74, 6) is -0.211. The van der Waals surface area contributed by atoms with Gasteiger partial charge in [-0.15, -0.1) is 0 Å². The van der Waals surface area contributed by atoms with Crippen LogP contribution in [0.2, 0.25) is 0 Å². The van der Waals surface area contributed by atoms with Crippen molar-refractivity contribution in [2.75, 3.05) is 5.32 Å². The first-order valence-corrected chi connectivity index (χ1v) is 8.63. The molecule has 1 aromatic carbocycles. The van der Waals surface area contributed by atoms with E-state index in [0.29, 0.717) is 17.7 Å². The van der Waals surface area contributed by atoms with Crippen molar-refractivity contribution in [3.8, 4) is 6.07 Å². The summed E-state index contributed by atoms with van der Waals surface area (Å²) in [6.07, 6.45) is 3.66. The van der Waals surface area contributed by atoms with E-state index < -0.39 is 11.9 Å². The number of nitrogens with one attached hydrogen (secondary N) is 1. The molecule has 136 valence electrons. The average molecular weight is 360 g/mol. The number of rotatable bonds is 6. The van der Waals surface area contributed by atoms with Crippen LogP contribution < -0.4 is 11.1 Å². The van der Waals surface area contributed by atoms with Gasteiger partial charge in [0.2, 0.25) is 11.9 Å². The van der Waals surface area contributed by atoms with Gasteiger partial charge in [0.25, 0.3) is 0 Å². The minimum Gasteiger partial charge on any atom is -0.368 e. The van der Waals surface area contributed by atoms with Crippen molar-refractivity contribution in [2.45, 2.75) is 26.3 Å². The second-order valence-corrected chi connectivity index (χ2v) is 6.64. The van der Waals surface area contributed by atoms with Crippen molar-refractivity contribution < 1.29 is 4.79 Å². The van der Waals surface area contributed by atoms with Crippen molar-refractivity contribution in [2.24, 2.45) is 11.7 Å². The summed E-state index contributed by atoms with van der Waals surface area (Å²) in [6, 6.07) is 11.4. The van der Waals surface area contributed by atoms with E-state index in [-0.39, 0.29) is 11.9 Å². The molecule has 27 heavy (non-hydrogen) atoms. The summed E-state index contributed by atoms with van der Waals surface area (Å²) in [6.45, 7) is 3.77. The second kappa shape index (κ2) is 7.79. The Hall–Kier alpha value is -3.53. The number of carbonyl (C=O) groups excluding carboxylic acids is 1. The molecule has 3 N–H and O–H groups in total. The van der Waals surface area contributed by atoms with Crippen molar-refractivity contribution in [3.05, 3.63) is 59.5 Å². The quantitative estimate of drug-likeness (QED) is 0.697. The third-order valence-corrected chi connectivity index (χ3v) is 4.29. The molecule has 0 bridgehead atoms. The lowest BCUT2D eigenvalue weighted by Crippen LogP contribution is -2.40. The maximum Gasteiger partial charge on any atom is 0.240 e. The Bertz CT molecular complexity index is 1020. The molecule has 7 nitrogen and oxygen atoms in total. The SMILES string of the molecule is CC(C)[C@@H](Nc1ncc(C#N)c(Cc2ccc3cccnc3c2)n1)C(N)=O. The van der Waals surface area contributed by atoms with Gasteiger partial charge in [-0.3, -0.25) is 9.78 Å². The van der Waals surface area contributed by atoms with E-state index in [9.17, 15) is 10.1 Å². The lowest BCUT2D eigenvalue weighted by atomic mass is 10.0. The highest BCUT2D eigenvalue weighted by Crippen LogP contribution is 2.18. The summed E-state index contributed by atoms with van der Waals surface area (Å²) in [5, 5.41) is 13.4. The molecule has 0 aliphatic heterocycles. The molecule has 2 aromatic heterocycles. The van der Waals surface area contributed by atoms with E-state index >= 15 is 0 Å². The number of primary amides is 1. The Morgan fingerprint density at radius 2 is 2.11 bits per heavy atom. The molecule has 7 heteroatoms. The van der Waals surface area contributed by atoms with Crippen LogP contribution in [0.5, 0.6) is 0 Å². The molecule has 3 aromatic rings. The number of fused-ring (bicyclic) bond motifs is 1. The Balaban J connectivity index is 1.91. The third-order valence-electron chi connectivity index (χ3n) is 4.29. The first-order chi connectivity index (χ1) is 13.0. The molecule has 1 amide bonds. The number of anilines is 1. The summed E-state index contributed by atoms with van der Waals surface area (Å²) in [7, 11) is 0. The number of aromatic nitrogens is 3. The maximum absolute atomic E-state index is 11.6. The molecule has 0 aliphatic carbocycles. The van der Waals surface area contributed by atoms with E-state index in [1.807, 2.05) is 44.2 Å². The highest BCUT2D eigenvalue weighted by atomic mass is 16.1. The lowest BCUT2D eigenvalue weighted by Gasteiger charge is -2.19. The first-order valence-electron chi connectivity index (χ1n) is 8.63. The zero-order valence-corrected chi connectivity index (χ0v) is 15.2. The molecule has 3 rings (SSSR count). The smallest absolute Gasteiger partial charge is 0.240 e. The predicted octanol–water partition coefficient (Wildman–Crippen LogP) is 2.41. The van der Waals surface area contributed by atoms with Gasteiger partial charge in [0.15, 0.2) is 0 Å². The van der Waals surface area contributed by atoms with E-state index in [4.69, 9.17) is 5.73 Å². The van der Waals surface area contributed by atoms with Gasteiger partial charge in [-0.1, -0.05) is 32.0 Å². The van der Waals surface area contributed by atoms with E-state index in [1.54, 1.807) is 6.20 Å². The normalized spacial score (nSPS) is 11.9. The van der Waals surface area contributed by atoms with Gasteiger partial charge in [-0.05, 0) is 23.6 Å². The van der Waals surface area contributed by atoms with Gasteiger partial charge in [0.05, 0.1) is 23.0 Å². The van der Waals surface area contributed by atoms with Crippen LogP contribution in [0.1, 0.15) is 30.7 Å². The Labute approximate surface area is 157 Å². The van der Waals surface area contributed by atoms with Crippen LogP contribution in [0.3, 0.4) is 0 Å². The van der Waals surface area contributed by atoms with Crippen LogP contribution in [0.25, 0.3) is 10.9 Å². The average Bonchev–Trinajstić information content (AvgIpc) is 2.65. The molecule has 2 heterocycles. The molecule has 0 radical (unpaired) electrons. The first kappa shape index (κ1) is 18.3. The van der Waals surface area contributed by atoms with Crippen LogP contribution in [-0.4, -0.2) is 26.9 Å². The highest BCUT2D eigenvalue weighted by molar-refractivity contribution is 5.82. The van der Waals surface area contributed by atoms with Crippen molar-refractivity contribution in [1.29, 1.82) is 5.26 Å². The Morgan fingerprint density at radius 1 is 1.30 bits per heavy atom. The maximum atomic E-state index is 11.6. The van der Waals surface area contributed by atoms with Gasteiger partial charge in [0.1, 0.15) is 12.1 Å². The molecular weight excluding hydrogens is 340 g/mol. The number of carbonyl (C=O) groups is 1. The molecule has 0 saturated carbocycles. The van der Waals surface area contributed by atoms with Crippen LogP contribution in [0.4, 0.5) is 5.95 Å². The highest BCUT2D eigenvalue weighted by Gasteiger charge is 2.21. The van der Waals surface area contributed by atoms with E-state index in [0.717, 1.165) is 16.5 Å². The van der Waals surface area contributed by atoms with Gasteiger partial charge in [0, 0.05) is 18.0 Å². The molecule has 0 aliphatic rings. The van der Waals surface area contributed by atoms with Crippen molar-refractivity contribution >= 4 is 22.8 Å². The molecule has 0 saturated heterocycles. The molecule has 0 unspecified atom stereocenters.